The van der Waals surface area contributed by atoms with Gasteiger partial charge in [0.1, 0.15) is 0 Å². The Balaban J connectivity index is 2.22. The summed E-state index contributed by atoms with van der Waals surface area (Å²) in [5.41, 5.74) is 5.87. The van der Waals surface area contributed by atoms with E-state index in [1.807, 2.05) is 26.0 Å². The fourth-order valence-electron chi connectivity index (χ4n) is 2.76. The summed E-state index contributed by atoms with van der Waals surface area (Å²) in [6, 6.07) is 10.3. The van der Waals surface area contributed by atoms with Crippen molar-refractivity contribution in [1.29, 1.82) is 0 Å². The van der Waals surface area contributed by atoms with Gasteiger partial charge in [0, 0.05) is 22.2 Å². The lowest BCUT2D eigenvalue weighted by Gasteiger charge is -1.97. The van der Waals surface area contributed by atoms with E-state index in [0.29, 0.717) is 0 Å². The number of nitrogens with one attached hydrogen (secondary N) is 2. The van der Waals surface area contributed by atoms with Crippen molar-refractivity contribution in [3.05, 3.63) is 47.2 Å². The number of hydrogen-bond donors (Lipinski definition) is 2. The van der Waals surface area contributed by atoms with Gasteiger partial charge in [-0.2, -0.15) is 0 Å². The highest BCUT2D eigenvalue weighted by atomic mass is 16.1. The van der Waals surface area contributed by atoms with E-state index in [1.54, 1.807) is 6.92 Å². The largest absolute Gasteiger partial charge is 0.357 e. The molecule has 0 amide bonds. The van der Waals surface area contributed by atoms with Crippen LogP contribution in [0.1, 0.15) is 28.5 Å². The van der Waals surface area contributed by atoms with Crippen LogP contribution in [0.3, 0.4) is 0 Å². The molecule has 0 aliphatic heterocycles. The number of aryl methyl sites for hydroxylation is 1. The predicted octanol–water partition coefficient (Wildman–Crippen LogP) is 3.98. The number of Topliss-reactive ketones (excluding diaryl/α,β-unsaturated/α-hetero) is 1. The molecule has 0 fully saturated rings. The Labute approximate surface area is 111 Å². The highest BCUT2D eigenvalue weighted by molar-refractivity contribution is 5.99. The molecule has 2 aromatic heterocycles. The molecule has 0 saturated heterocycles. The molecule has 2 heterocycles. The van der Waals surface area contributed by atoms with Gasteiger partial charge < -0.3 is 9.97 Å². The quantitative estimate of drug-likeness (QED) is 0.666. The van der Waals surface area contributed by atoms with E-state index in [-0.39, 0.29) is 5.78 Å². The van der Waals surface area contributed by atoms with Gasteiger partial charge >= 0.3 is 0 Å². The highest BCUT2D eigenvalue weighted by Crippen LogP contribution is 2.29. The summed E-state index contributed by atoms with van der Waals surface area (Å²) >= 11 is 0. The molecule has 19 heavy (non-hydrogen) atoms. The number of rotatable bonds is 2. The number of hydrogen-bond acceptors (Lipinski definition) is 1. The molecule has 2 N–H and O–H groups in total. The predicted molar refractivity (Wildman–Crippen MR) is 77.6 cm³/mol. The zero-order valence-corrected chi connectivity index (χ0v) is 11.3. The van der Waals surface area contributed by atoms with Gasteiger partial charge in [0.2, 0.25) is 0 Å². The molecule has 1 aromatic carbocycles. The maximum Gasteiger partial charge on any atom is 0.161 e. The van der Waals surface area contributed by atoms with Crippen LogP contribution in [0.4, 0.5) is 0 Å². The second-order valence-electron chi connectivity index (χ2n) is 4.95. The lowest BCUT2D eigenvalue weighted by atomic mass is 10.1. The lowest BCUT2D eigenvalue weighted by molar-refractivity contribution is 0.101. The molecule has 96 valence electrons. The monoisotopic (exact) mass is 252 g/mol. The van der Waals surface area contributed by atoms with E-state index in [2.05, 4.69) is 28.2 Å². The molecule has 0 unspecified atom stereocenters. The number of H-pyrrole nitrogens is 2. The van der Waals surface area contributed by atoms with Crippen LogP contribution in [-0.2, 0) is 0 Å². The van der Waals surface area contributed by atoms with Crippen molar-refractivity contribution in [1.82, 2.24) is 9.97 Å². The van der Waals surface area contributed by atoms with Crippen molar-refractivity contribution in [3.63, 3.8) is 0 Å². The molecule has 0 aliphatic carbocycles. The van der Waals surface area contributed by atoms with Gasteiger partial charge in [-0.15, -0.1) is 0 Å². The van der Waals surface area contributed by atoms with E-state index >= 15 is 0 Å². The minimum absolute atomic E-state index is 0.105. The minimum Gasteiger partial charge on any atom is -0.357 e. The van der Waals surface area contributed by atoms with Crippen molar-refractivity contribution in [3.8, 4) is 11.4 Å². The van der Waals surface area contributed by atoms with Crippen LogP contribution in [0, 0.1) is 13.8 Å². The third kappa shape index (κ3) is 1.78. The van der Waals surface area contributed by atoms with E-state index in [4.69, 9.17) is 0 Å². The maximum absolute atomic E-state index is 11.7. The van der Waals surface area contributed by atoms with Crippen LogP contribution in [0.25, 0.3) is 22.3 Å². The van der Waals surface area contributed by atoms with E-state index < -0.39 is 0 Å². The first kappa shape index (κ1) is 11.8. The van der Waals surface area contributed by atoms with Crippen molar-refractivity contribution < 1.29 is 4.79 Å². The zero-order valence-electron chi connectivity index (χ0n) is 11.3. The first-order valence-corrected chi connectivity index (χ1v) is 6.36. The van der Waals surface area contributed by atoms with Crippen LogP contribution >= 0.6 is 0 Å². The van der Waals surface area contributed by atoms with Crippen LogP contribution in [0.15, 0.2) is 30.3 Å². The normalized spacial score (nSPS) is 11.1. The number of para-hydroxylation sites is 1. The van der Waals surface area contributed by atoms with E-state index in [0.717, 1.165) is 33.7 Å². The van der Waals surface area contributed by atoms with Crippen molar-refractivity contribution in [2.75, 3.05) is 0 Å². The Morgan fingerprint density at radius 2 is 1.84 bits per heavy atom. The van der Waals surface area contributed by atoms with Gasteiger partial charge in [-0.1, -0.05) is 18.2 Å². The number of fused-ring (bicyclic) bond motifs is 1. The molecule has 0 spiro atoms. The molecule has 3 heteroatoms. The molecule has 3 nitrogen and oxygen atoms in total. The summed E-state index contributed by atoms with van der Waals surface area (Å²) in [4.78, 5) is 18.4. The molecule has 0 saturated carbocycles. The van der Waals surface area contributed by atoms with Gasteiger partial charge in [0.15, 0.2) is 5.78 Å². The highest BCUT2D eigenvalue weighted by Gasteiger charge is 2.17. The number of aromatic amines is 2. The topological polar surface area (TPSA) is 48.6 Å². The molecule has 0 radical (unpaired) electrons. The number of carbonyl (C=O) groups is 1. The van der Waals surface area contributed by atoms with Crippen molar-refractivity contribution in [2.24, 2.45) is 0 Å². The number of ketones is 1. The lowest BCUT2D eigenvalue weighted by Crippen LogP contribution is -1.94. The standard InChI is InChI=1S/C16H16N2O/c1-9-15(11(3)19)10(2)17-16(9)14-8-12-6-4-5-7-13(12)18-14/h4-8,17-18H,1-3H3. The summed E-state index contributed by atoms with van der Waals surface area (Å²) in [6.07, 6.45) is 0. The van der Waals surface area contributed by atoms with Crippen molar-refractivity contribution >= 4 is 16.7 Å². The number of carbonyl (C=O) groups excluding carboxylic acids is 1. The molecular weight excluding hydrogens is 236 g/mol. The Morgan fingerprint density at radius 1 is 1.11 bits per heavy atom. The van der Waals surface area contributed by atoms with E-state index in [1.165, 1.54) is 5.39 Å². The SMILES string of the molecule is CC(=O)c1c(C)[nH]c(-c2cc3ccccc3[nH]2)c1C. The first-order valence-electron chi connectivity index (χ1n) is 6.36. The summed E-state index contributed by atoms with van der Waals surface area (Å²) < 4.78 is 0. The number of benzene rings is 1. The third-order valence-corrected chi connectivity index (χ3v) is 3.59. The van der Waals surface area contributed by atoms with Crippen LogP contribution in [0.5, 0.6) is 0 Å². The van der Waals surface area contributed by atoms with Crippen LogP contribution in [-0.4, -0.2) is 15.8 Å². The summed E-state index contributed by atoms with van der Waals surface area (Å²) in [5.74, 6) is 0.105. The fourth-order valence-corrected chi connectivity index (χ4v) is 2.76. The molecule has 0 bridgehead atoms. The second-order valence-corrected chi connectivity index (χ2v) is 4.95. The number of aromatic nitrogens is 2. The van der Waals surface area contributed by atoms with Gasteiger partial charge in [0.05, 0.1) is 11.4 Å². The molecular formula is C16H16N2O. The molecule has 3 aromatic rings. The van der Waals surface area contributed by atoms with Gasteiger partial charge in [0.25, 0.3) is 0 Å². The second kappa shape index (κ2) is 4.12. The summed E-state index contributed by atoms with van der Waals surface area (Å²) in [5, 5.41) is 1.17. The smallest absolute Gasteiger partial charge is 0.161 e. The van der Waals surface area contributed by atoms with E-state index in [9.17, 15) is 4.79 Å². The Kier molecular flexibility index (Phi) is 2.56. The minimum atomic E-state index is 0.105. The van der Waals surface area contributed by atoms with Gasteiger partial charge in [-0.05, 0) is 38.5 Å². The first-order chi connectivity index (χ1) is 9.08. The average Bonchev–Trinajstić information content (AvgIpc) is 2.89. The fraction of sp³-hybridized carbons (Fsp3) is 0.188. The summed E-state index contributed by atoms with van der Waals surface area (Å²) in [7, 11) is 0. The van der Waals surface area contributed by atoms with Crippen molar-refractivity contribution in [2.45, 2.75) is 20.8 Å². The Bertz CT molecular complexity index is 744. The molecule has 3 rings (SSSR count). The Hall–Kier alpha value is -2.29. The van der Waals surface area contributed by atoms with Crippen LogP contribution in [0.2, 0.25) is 0 Å². The van der Waals surface area contributed by atoms with Gasteiger partial charge in [-0.25, -0.2) is 0 Å². The van der Waals surface area contributed by atoms with Crippen LogP contribution < -0.4 is 0 Å². The zero-order chi connectivity index (χ0) is 13.6. The Morgan fingerprint density at radius 3 is 2.47 bits per heavy atom. The average molecular weight is 252 g/mol. The maximum atomic E-state index is 11.7. The van der Waals surface area contributed by atoms with Gasteiger partial charge in [-0.3, -0.25) is 4.79 Å². The molecule has 0 atom stereocenters. The molecule has 0 aliphatic rings. The third-order valence-electron chi connectivity index (χ3n) is 3.59. The summed E-state index contributed by atoms with van der Waals surface area (Å²) in [6.45, 7) is 5.54.